The number of oxazole rings is 1. The van der Waals surface area contributed by atoms with Crippen molar-refractivity contribution in [3.05, 3.63) is 47.9 Å². The zero-order valence-corrected chi connectivity index (χ0v) is 24.0. The maximum absolute atomic E-state index is 12.0. The van der Waals surface area contributed by atoms with Crippen LogP contribution in [0.1, 0.15) is 50.2 Å². The molecular weight excluding hydrogens is 496 g/mol. The largest absolute Gasteiger partial charge is 0.431 e. The van der Waals surface area contributed by atoms with E-state index in [4.69, 9.17) is 9.21 Å². The van der Waals surface area contributed by atoms with Gasteiger partial charge in [-0.05, 0) is 32.3 Å². The van der Waals surface area contributed by atoms with Crippen LogP contribution in [0.3, 0.4) is 0 Å². The van der Waals surface area contributed by atoms with Crippen molar-refractivity contribution in [3.63, 3.8) is 0 Å². The summed E-state index contributed by atoms with van der Waals surface area (Å²) in [5, 5.41) is 25.5. The van der Waals surface area contributed by atoms with Gasteiger partial charge >= 0.3 is 0 Å². The van der Waals surface area contributed by atoms with E-state index < -0.39 is 24.2 Å². The second kappa shape index (κ2) is 22.3. The molecule has 2 amide bonds. The summed E-state index contributed by atoms with van der Waals surface area (Å²) in [4.78, 5) is 37.7. The molecule has 0 aliphatic heterocycles. The molecule has 210 valence electrons. The summed E-state index contributed by atoms with van der Waals surface area (Å²) in [5.41, 5.74) is 1.40. The van der Waals surface area contributed by atoms with Crippen molar-refractivity contribution in [1.82, 2.24) is 15.6 Å². The highest BCUT2D eigenvalue weighted by Gasteiger charge is 2.27. The van der Waals surface area contributed by atoms with Gasteiger partial charge in [0.05, 0.1) is 12.1 Å². The Bertz CT molecular complexity index is 864. The molecule has 3 atom stereocenters. The first-order valence-electron chi connectivity index (χ1n) is 12.0. The molecule has 0 saturated carbocycles. The maximum Gasteiger partial charge on any atom is 0.297 e. The number of anilines is 1. The fraction of sp³-hybridized carbons (Fsp3) is 0.538. The summed E-state index contributed by atoms with van der Waals surface area (Å²) < 4.78 is 5.12. The molecule has 37 heavy (non-hydrogen) atoms. The van der Waals surface area contributed by atoms with Crippen LogP contribution in [-0.2, 0) is 9.59 Å². The number of aromatic nitrogens is 1. The molecule has 0 spiro atoms. The molecule has 0 saturated heterocycles. The molecule has 0 bridgehead atoms. The Morgan fingerprint density at radius 3 is 2.16 bits per heavy atom. The van der Waals surface area contributed by atoms with E-state index in [0.29, 0.717) is 12.2 Å². The van der Waals surface area contributed by atoms with Crippen LogP contribution in [0, 0.1) is 6.92 Å². The Balaban J connectivity index is 0. The van der Waals surface area contributed by atoms with E-state index in [-0.39, 0.29) is 24.2 Å². The second-order valence-electron chi connectivity index (χ2n) is 7.66. The SMILES string of the molecule is CC.CC=O.CSCCC(NC(C)=O)C(O)C(O)CNC(=O)c1coc(N(C)C)n1.Cc1ccccc1. The van der Waals surface area contributed by atoms with E-state index in [9.17, 15) is 19.8 Å². The first-order valence-corrected chi connectivity index (χ1v) is 13.4. The summed E-state index contributed by atoms with van der Waals surface area (Å²) in [7, 11) is 3.45. The molecule has 0 radical (unpaired) electrons. The lowest BCUT2D eigenvalue weighted by atomic mass is 10.0. The minimum atomic E-state index is -1.23. The summed E-state index contributed by atoms with van der Waals surface area (Å²) in [5.74, 6) is -0.101. The van der Waals surface area contributed by atoms with Gasteiger partial charge in [-0.15, -0.1) is 0 Å². The van der Waals surface area contributed by atoms with E-state index in [0.717, 1.165) is 6.29 Å². The third-order valence-electron chi connectivity index (χ3n) is 4.35. The van der Waals surface area contributed by atoms with Gasteiger partial charge in [0, 0.05) is 27.6 Å². The predicted octanol–water partition coefficient (Wildman–Crippen LogP) is 2.68. The number of amides is 2. The molecular formula is C26H44N4O6S. The lowest BCUT2D eigenvalue weighted by Crippen LogP contribution is -2.51. The molecule has 1 aromatic heterocycles. The standard InChI is InChI=1S/C15H26N4O5S.C7H8.C2H4O.C2H6/c1-9(20)17-10(5-6-25-4)13(22)12(21)7-16-14(23)11-8-24-15(18-11)19(2)3;1-7-5-3-2-4-6-7;1-2-3;1-2/h8,10,12-13,21-22H,5-7H2,1-4H3,(H,16,23)(H,17,20);2-6H,1H3;2H,1H3;1-2H3. The van der Waals surface area contributed by atoms with Crippen molar-refractivity contribution in [2.75, 3.05) is 37.5 Å². The Morgan fingerprint density at radius 1 is 1.19 bits per heavy atom. The third-order valence-corrected chi connectivity index (χ3v) is 4.99. The lowest BCUT2D eigenvalue weighted by Gasteiger charge is -2.27. The molecule has 2 aromatic rings. The smallest absolute Gasteiger partial charge is 0.297 e. The average molecular weight is 541 g/mol. The molecule has 0 aliphatic carbocycles. The van der Waals surface area contributed by atoms with E-state index in [1.807, 2.05) is 38.3 Å². The highest BCUT2D eigenvalue weighted by Crippen LogP contribution is 2.11. The number of aldehydes is 1. The summed E-state index contributed by atoms with van der Waals surface area (Å²) in [6.07, 6.45) is 1.94. The van der Waals surface area contributed by atoms with Gasteiger partial charge in [0.1, 0.15) is 18.7 Å². The predicted molar refractivity (Wildman–Crippen MR) is 150 cm³/mol. The number of aliphatic hydroxyl groups is 2. The molecule has 3 unspecified atom stereocenters. The minimum Gasteiger partial charge on any atom is -0.431 e. The number of benzene rings is 1. The molecule has 10 nitrogen and oxygen atoms in total. The first kappa shape index (κ1) is 36.3. The van der Waals surface area contributed by atoms with Crippen LogP contribution < -0.4 is 15.5 Å². The number of carbonyl (C=O) groups excluding carboxylic acids is 3. The highest BCUT2D eigenvalue weighted by atomic mass is 32.2. The van der Waals surface area contributed by atoms with E-state index in [1.165, 1.54) is 25.7 Å². The van der Waals surface area contributed by atoms with Crippen molar-refractivity contribution in [1.29, 1.82) is 0 Å². The van der Waals surface area contributed by atoms with Crippen LogP contribution in [0.15, 0.2) is 41.0 Å². The van der Waals surface area contributed by atoms with Crippen molar-refractivity contribution in [2.45, 2.75) is 59.3 Å². The fourth-order valence-corrected chi connectivity index (χ4v) is 3.11. The Labute approximate surface area is 225 Å². The third kappa shape index (κ3) is 17.2. The zero-order chi connectivity index (χ0) is 28.8. The summed E-state index contributed by atoms with van der Waals surface area (Å²) >= 11 is 1.57. The monoisotopic (exact) mass is 540 g/mol. The number of hydrogen-bond acceptors (Lipinski definition) is 9. The average Bonchev–Trinajstić information content (AvgIpc) is 3.38. The molecule has 2 rings (SSSR count). The maximum atomic E-state index is 12.0. The van der Waals surface area contributed by atoms with Crippen molar-refractivity contribution >= 4 is 35.9 Å². The molecule has 0 aliphatic rings. The molecule has 0 fully saturated rings. The van der Waals surface area contributed by atoms with Gasteiger partial charge in [0.25, 0.3) is 11.9 Å². The number of thioether (sulfide) groups is 1. The van der Waals surface area contributed by atoms with Crippen LogP contribution in [-0.4, -0.2) is 84.2 Å². The number of nitrogens with one attached hydrogen (secondary N) is 2. The van der Waals surface area contributed by atoms with E-state index in [1.54, 1.807) is 30.8 Å². The Hall–Kier alpha value is -2.89. The zero-order valence-electron chi connectivity index (χ0n) is 23.2. The number of rotatable bonds is 10. The highest BCUT2D eigenvalue weighted by molar-refractivity contribution is 7.98. The first-order chi connectivity index (χ1) is 17.6. The topological polar surface area (TPSA) is 145 Å². The number of aryl methyl sites for hydroxylation is 1. The van der Waals surface area contributed by atoms with Crippen molar-refractivity contribution in [3.8, 4) is 0 Å². The van der Waals surface area contributed by atoms with E-state index in [2.05, 4.69) is 34.7 Å². The fourth-order valence-electron chi connectivity index (χ4n) is 2.62. The van der Waals surface area contributed by atoms with Gasteiger partial charge in [0.15, 0.2) is 5.69 Å². The van der Waals surface area contributed by atoms with Crippen LogP contribution in [0.4, 0.5) is 6.01 Å². The minimum absolute atomic E-state index is 0.0752. The summed E-state index contributed by atoms with van der Waals surface area (Å²) in [6.45, 7) is 8.69. The van der Waals surface area contributed by atoms with Crippen molar-refractivity contribution < 1.29 is 29.0 Å². The van der Waals surface area contributed by atoms with Gasteiger partial charge in [-0.1, -0.05) is 49.7 Å². The Kier molecular flexibility index (Phi) is 21.9. The van der Waals surface area contributed by atoms with Gasteiger partial charge in [-0.2, -0.15) is 16.7 Å². The lowest BCUT2D eigenvalue weighted by molar-refractivity contribution is -0.121. The molecule has 1 heterocycles. The molecule has 4 N–H and O–H groups in total. The normalized spacial score (nSPS) is 11.9. The molecule has 11 heteroatoms. The number of carbonyl (C=O) groups is 3. The summed E-state index contributed by atoms with van der Waals surface area (Å²) in [6, 6.07) is 9.95. The van der Waals surface area contributed by atoms with Crippen LogP contribution in [0.25, 0.3) is 0 Å². The van der Waals surface area contributed by atoms with Crippen LogP contribution >= 0.6 is 11.8 Å². The second-order valence-corrected chi connectivity index (χ2v) is 8.64. The number of aliphatic hydroxyl groups excluding tert-OH is 2. The van der Waals surface area contributed by atoms with Crippen LogP contribution in [0.2, 0.25) is 0 Å². The van der Waals surface area contributed by atoms with Crippen molar-refractivity contribution in [2.24, 2.45) is 0 Å². The number of hydrogen-bond donors (Lipinski definition) is 4. The number of nitrogens with zero attached hydrogens (tertiary/aromatic N) is 2. The Morgan fingerprint density at radius 2 is 1.76 bits per heavy atom. The van der Waals surface area contributed by atoms with Gasteiger partial charge in [-0.3, -0.25) is 9.59 Å². The quantitative estimate of drug-likeness (QED) is 0.334. The van der Waals surface area contributed by atoms with E-state index >= 15 is 0 Å². The van der Waals surface area contributed by atoms with Gasteiger partial charge in [-0.25, -0.2) is 0 Å². The molecule has 1 aromatic carbocycles. The van der Waals surface area contributed by atoms with Crippen LogP contribution in [0.5, 0.6) is 0 Å². The van der Waals surface area contributed by atoms with Gasteiger partial charge < -0.3 is 35.0 Å². The van der Waals surface area contributed by atoms with Gasteiger partial charge in [0.2, 0.25) is 5.91 Å².